The molecule has 74 valence electrons. The van der Waals surface area contributed by atoms with Gasteiger partial charge in [-0.25, -0.2) is 0 Å². The van der Waals surface area contributed by atoms with Gasteiger partial charge in [0.05, 0.1) is 35.4 Å². The third kappa shape index (κ3) is 1.53. The second-order valence-corrected chi connectivity index (χ2v) is 3.49. The van der Waals surface area contributed by atoms with Gasteiger partial charge in [0.1, 0.15) is 0 Å². The van der Waals surface area contributed by atoms with Gasteiger partial charge in [0.25, 0.3) is 0 Å². The SMILES string of the molecule is CNC(c1cnsn1)c1ccnn1C. The molecule has 0 saturated heterocycles. The molecule has 2 aromatic heterocycles. The Morgan fingerprint density at radius 2 is 2.43 bits per heavy atom. The highest BCUT2D eigenvalue weighted by Gasteiger charge is 2.17. The van der Waals surface area contributed by atoms with E-state index in [1.807, 2.05) is 24.8 Å². The number of nitrogens with zero attached hydrogens (tertiary/aromatic N) is 4. The number of nitrogens with one attached hydrogen (secondary N) is 1. The molecule has 0 radical (unpaired) electrons. The first-order valence-electron chi connectivity index (χ1n) is 4.25. The number of aryl methyl sites for hydroxylation is 1. The van der Waals surface area contributed by atoms with Crippen LogP contribution in [0.15, 0.2) is 18.5 Å². The van der Waals surface area contributed by atoms with E-state index < -0.39 is 0 Å². The van der Waals surface area contributed by atoms with Crippen LogP contribution < -0.4 is 5.32 Å². The predicted molar refractivity (Wildman–Crippen MR) is 54.0 cm³/mol. The Labute approximate surface area is 86.1 Å². The number of hydrogen-bond donors (Lipinski definition) is 1. The Kier molecular flexibility index (Phi) is 2.55. The van der Waals surface area contributed by atoms with Gasteiger partial charge in [-0.2, -0.15) is 13.8 Å². The van der Waals surface area contributed by atoms with Crippen molar-refractivity contribution in [3.05, 3.63) is 29.8 Å². The average Bonchev–Trinajstić information content (AvgIpc) is 2.80. The van der Waals surface area contributed by atoms with Crippen molar-refractivity contribution in [1.82, 2.24) is 23.8 Å². The van der Waals surface area contributed by atoms with E-state index >= 15 is 0 Å². The summed E-state index contributed by atoms with van der Waals surface area (Å²) in [5, 5.41) is 7.32. The molecule has 0 amide bonds. The first kappa shape index (κ1) is 9.29. The van der Waals surface area contributed by atoms with Crippen molar-refractivity contribution in [2.45, 2.75) is 6.04 Å². The number of aromatic nitrogens is 4. The Balaban J connectivity index is 2.36. The molecule has 0 aliphatic rings. The van der Waals surface area contributed by atoms with E-state index in [0.29, 0.717) is 0 Å². The third-order valence-corrected chi connectivity index (χ3v) is 2.61. The molecule has 1 unspecified atom stereocenters. The van der Waals surface area contributed by atoms with Crippen LogP contribution >= 0.6 is 11.7 Å². The zero-order valence-electron chi connectivity index (χ0n) is 8.01. The lowest BCUT2D eigenvalue weighted by atomic mass is 10.1. The van der Waals surface area contributed by atoms with Crippen LogP contribution in [0.25, 0.3) is 0 Å². The average molecular weight is 209 g/mol. The summed E-state index contributed by atoms with van der Waals surface area (Å²) >= 11 is 1.22. The van der Waals surface area contributed by atoms with Gasteiger partial charge in [0.2, 0.25) is 0 Å². The van der Waals surface area contributed by atoms with E-state index in [1.165, 1.54) is 11.7 Å². The van der Waals surface area contributed by atoms with Gasteiger partial charge < -0.3 is 5.32 Å². The highest BCUT2D eigenvalue weighted by molar-refractivity contribution is 6.99. The largest absolute Gasteiger partial charge is 0.307 e. The summed E-state index contributed by atoms with van der Waals surface area (Å²) in [6, 6.07) is 2.04. The zero-order valence-corrected chi connectivity index (χ0v) is 8.82. The Morgan fingerprint density at radius 3 is 2.93 bits per heavy atom. The maximum absolute atomic E-state index is 4.21. The van der Waals surface area contributed by atoms with Crippen LogP contribution in [0.2, 0.25) is 0 Å². The van der Waals surface area contributed by atoms with Crippen molar-refractivity contribution in [2.75, 3.05) is 7.05 Å². The molecule has 0 aromatic carbocycles. The molecule has 0 spiro atoms. The Morgan fingerprint density at radius 1 is 1.57 bits per heavy atom. The highest BCUT2D eigenvalue weighted by atomic mass is 32.1. The minimum atomic E-state index is 0.0706. The van der Waals surface area contributed by atoms with Gasteiger partial charge in [-0.3, -0.25) is 4.68 Å². The van der Waals surface area contributed by atoms with E-state index in [9.17, 15) is 0 Å². The molecule has 0 bridgehead atoms. The molecule has 0 fully saturated rings. The van der Waals surface area contributed by atoms with Crippen LogP contribution in [0.4, 0.5) is 0 Å². The number of rotatable bonds is 3. The lowest BCUT2D eigenvalue weighted by Crippen LogP contribution is -2.20. The van der Waals surface area contributed by atoms with E-state index in [0.717, 1.165) is 11.4 Å². The van der Waals surface area contributed by atoms with Gasteiger partial charge in [0.15, 0.2) is 0 Å². The standard InChI is InChI=1S/C8H11N5S/c1-9-8(6-5-11-14-12-6)7-3-4-10-13(7)2/h3-5,8-9H,1-2H3. The third-order valence-electron chi connectivity index (χ3n) is 2.12. The van der Waals surface area contributed by atoms with Crippen LogP contribution in [0, 0.1) is 0 Å². The van der Waals surface area contributed by atoms with Crippen molar-refractivity contribution in [3.63, 3.8) is 0 Å². The fourth-order valence-corrected chi connectivity index (χ4v) is 1.86. The molecule has 1 N–H and O–H groups in total. The maximum atomic E-state index is 4.21. The fraction of sp³-hybridized carbons (Fsp3) is 0.375. The van der Waals surface area contributed by atoms with Crippen LogP contribution in [0.5, 0.6) is 0 Å². The van der Waals surface area contributed by atoms with Crippen molar-refractivity contribution in [1.29, 1.82) is 0 Å². The minimum absolute atomic E-state index is 0.0706. The molecular weight excluding hydrogens is 198 g/mol. The van der Waals surface area contributed by atoms with Crippen LogP contribution in [0.3, 0.4) is 0 Å². The summed E-state index contributed by atoms with van der Waals surface area (Å²) in [7, 11) is 3.82. The molecule has 0 saturated carbocycles. The van der Waals surface area contributed by atoms with E-state index in [2.05, 4.69) is 19.2 Å². The monoisotopic (exact) mass is 209 g/mol. The Hall–Kier alpha value is -1.27. The van der Waals surface area contributed by atoms with Gasteiger partial charge >= 0.3 is 0 Å². The molecule has 2 heterocycles. The quantitative estimate of drug-likeness (QED) is 0.803. The predicted octanol–water partition coefficient (Wildman–Crippen LogP) is 0.580. The van der Waals surface area contributed by atoms with Crippen molar-refractivity contribution in [3.8, 4) is 0 Å². The molecule has 0 aliphatic heterocycles. The lowest BCUT2D eigenvalue weighted by Gasteiger charge is -2.13. The summed E-state index contributed by atoms with van der Waals surface area (Å²) in [6.45, 7) is 0. The highest BCUT2D eigenvalue weighted by Crippen LogP contribution is 2.18. The Bertz CT molecular complexity index is 394. The van der Waals surface area contributed by atoms with E-state index in [-0.39, 0.29) is 6.04 Å². The molecule has 6 heteroatoms. The molecule has 5 nitrogen and oxygen atoms in total. The van der Waals surface area contributed by atoms with Crippen molar-refractivity contribution < 1.29 is 0 Å². The topological polar surface area (TPSA) is 55.6 Å². The molecule has 2 aromatic rings. The minimum Gasteiger partial charge on any atom is -0.307 e. The molecule has 2 rings (SSSR count). The van der Waals surface area contributed by atoms with E-state index in [4.69, 9.17) is 0 Å². The second-order valence-electron chi connectivity index (χ2n) is 2.93. The van der Waals surface area contributed by atoms with Crippen LogP contribution in [-0.2, 0) is 7.05 Å². The second kappa shape index (κ2) is 3.85. The van der Waals surface area contributed by atoms with Crippen molar-refractivity contribution in [2.24, 2.45) is 7.05 Å². The first-order valence-corrected chi connectivity index (χ1v) is 4.98. The first-order chi connectivity index (χ1) is 6.83. The molecule has 1 atom stereocenters. The van der Waals surface area contributed by atoms with E-state index in [1.54, 1.807) is 12.4 Å². The summed E-state index contributed by atoms with van der Waals surface area (Å²) in [5.74, 6) is 0. The zero-order chi connectivity index (χ0) is 9.97. The van der Waals surface area contributed by atoms with Gasteiger partial charge in [0, 0.05) is 13.2 Å². The normalized spacial score (nSPS) is 13.0. The number of hydrogen-bond acceptors (Lipinski definition) is 5. The van der Waals surface area contributed by atoms with Crippen molar-refractivity contribution >= 4 is 11.7 Å². The van der Waals surface area contributed by atoms with Gasteiger partial charge in [-0.05, 0) is 13.1 Å². The van der Waals surface area contributed by atoms with Crippen LogP contribution in [0.1, 0.15) is 17.4 Å². The summed E-state index contributed by atoms with van der Waals surface area (Å²) in [4.78, 5) is 0. The fourth-order valence-electron chi connectivity index (χ4n) is 1.41. The lowest BCUT2D eigenvalue weighted by molar-refractivity contribution is 0.598. The molecule has 0 aliphatic carbocycles. The summed E-state index contributed by atoms with van der Waals surface area (Å²) in [6.07, 6.45) is 3.55. The summed E-state index contributed by atoms with van der Waals surface area (Å²) in [5.41, 5.74) is 2.02. The van der Waals surface area contributed by atoms with Gasteiger partial charge in [-0.15, -0.1) is 0 Å². The molecule has 14 heavy (non-hydrogen) atoms. The van der Waals surface area contributed by atoms with Gasteiger partial charge in [-0.1, -0.05) is 0 Å². The smallest absolute Gasteiger partial charge is 0.0973 e. The molecular formula is C8H11N5S. The summed E-state index contributed by atoms with van der Waals surface area (Å²) < 4.78 is 10.0. The maximum Gasteiger partial charge on any atom is 0.0973 e. The van der Waals surface area contributed by atoms with Crippen LogP contribution in [-0.4, -0.2) is 25.6 Å².